The lowest BCUT2D eigenvalue weighted by molar-refractivity contribution is -0.298. The maximum Gasteiger partial charge on any atom is 0.351 e. The molecule has 1 unspecified atom stereocenters. The van der Waals surface area contributed by atoms with Crippen LogP contribution in [0.2, 0.25) is 0 Å². The molecule has 6 saturated heterocycles. The second kappa shape index (κ2) is 40.2. The van der Waals surface area contributed by atoms with Crippen molar-refractivity contribution in [1.82, 2.24) is 58.5 Å². The molecule has 10 heterocycles. The largest absolute Gasteiger partial charge is 0.457 e. The van der Waals surface area contributed by atoms with Gasteiger partial charge in [0.05, 0.1) is 88.9 Å². The highest BCUT2D eigenvalue weighted by molar-refractivity contribution is 6.08. The van der Waals surface area contributed by atoms with Crippen molar-refractivity contribution in [1.29, 1.82) is 0 Å². The number of aromatic nitrogens is 6. The number of ketones is 4. The number of rotatable bonds is 23. The first kappa shape index (κ1) is 98.6. The fraction of sp³-hybridized carbons (Fsp3) is 0.722. The van der Waals surface area contributed by atoms with Gasteiger partial charge in [-0.25, -0.2) is 37.9 Å². The Morgan fingerprint density at radius 1 is 0.561 bits per heavy atom. The molecule has 1 N–H and O–H groups in total. The number of fused-ring (bicyclic) bond motifs is 2. The van der Waals surface area contributed by atoms with E-state index >= 15 is 8.78 Å². The van der Waals surface area contributed by atoms with E-state index in [2.05, 4.69) is 19.9 Å². The quantitative estimate of drug-likeness (QED) is 0.0312. The van der Waals surface area contributed by atoms with Crippen molar-refractivity contribution >= 4 is 53.1 Å². The summed E-state index contributed by atoms with van der Waals surface area (Å²) in [5.41, 5.74) is -8.46. The van der Waals surface area contributed by atoms with Crippen LogP contribution in [0.15, 0.2) is 74.1 Å². The van der Waals surface area contributed by atoms with Crippen molar-refractivity contribution < 1.29 is 99.7 Å². The summed E-state index contributed by atoms with van der Waals surface area (Å²) < 4.78 is 93.8. The maximum absolute atomic E-state index is 17.2. The number of alkyl halides is 2. The number of unbranched alkanes of at least 4 members (excludes halogenated alkanes) is 2. The van der Waals surface area contributed by atoms with Crippen molar-refractivity contribution in [2.75, 3.05) is 69.6 Å². The number of aliphatic hydroxyl groups excluding tert-OH is 1. The van der Waals surface area contributed by atoms with Gasteiger partial charge in [-0.1, -0.05) is 55.4 Å². The molecule has 10 rings (SSSR count). The smallest absolute Gasteiger partial charge is 0.351 e. The maximum atomic E-state index is 17.2. The van der Waals surface area contributed by atoms with Crippen LogP contribution >= 0.6 is 0 Å². The normalized spacial score (nSPS) is 36.6. The van der Waals surface area contributed by atoms with Crippen LogP contribution in [0.3, 0.4) is 0 Å². The second-order valence-corrected chi connectivity index (χ2v) is 36.7. The van der Waals surface area contributed by atoms with E-state index in [0.29, 0.717) is 58.2 Å². The van der Waals surface area contributed by atoms with Gasteiger partial charge in [-0.2, -0.15) is 0 Å². The van der Waals surface area contributed by atoms with Crippen molar-refractivity contribution in [2.24, 2.45) is 35.5 Å². The lowest BCUT2D eigenvalue weighted by atomic mass is 9.72. The van der Waals surface area contributed by atoms with E-state index < -0.39 is 160 Å². The Bertz CT molecular complexity index is 4310. The molecule has 4 aromatic heterocycles. The van der Waals surface area contributed by atoms with Crippen LogP contribution in [0.1, 0.15) is 182 Å². The number of carbonyl (C=O) groups is 9. The zero-order valence-corrected chi connectivity index (χ0v) is 76.8. The van der Waals surface area contributed by atoms with E-state index in [1.165, 1.54) is 44.8 Å². The number of methoxy groups -OCH3 is 2. The second-order valence-electron chi connectivity index (χ2n) is 36.7. The van der Waals surface area contributed by atoms with Crippen molar-refractivity contribution in [2.45, 2.75) is 314 Å². The molecule has 684 valence electrons. The summed E-state index contributed by atoms with van der Waals surface area (Å²) in [5.74, 6) is -11.8. The summed E-state index contributed by atoms with van der Waals surface area (Å²) in [4.78, 5) is 155. The molecule has 6 fully saturated rings. The van der Waals surface area contributed by atoms with Crippen LogP contribution < -0.4 is 0 Å². The van der Waals surface area contributed by atoms with Gasteiger partial charge in [0.25, 0.3) is 11.3 Å². The number of hydrogen-bond donors (Lipinski definition) is 1. The van der Waals surface area contributed by atoms with Crippen LogP contribution in [0.5, 0.6) is 0 Å². The lowest BCUT2D eigenvalue weighted by Crippen LogP contribution is -2.63. The third-order valence-corrected chi connectivity index (χ3v) is 27.4. The zero-order chi connectivity index (χ0) is 91.2. The van der Waals surface area contributed by atoms with Gasteiger partial charge in [-0.15, -0.1) is 0 Å². The summed E-state index contributed by atoms with van der Waals surface area (Å²) in [6.07, 6.45) is 8.03. The number of aliphatic hydroxyl groups is 1. The zero-order valence-electron chi connectivity index (χ0n) is 76.8. The number of cyclic esters (lactones) is 2. The fourth-order valence-electron chi connectivity index (χ4n) is 20.1. The first-order valence-electron chi connectivity index (χ1n) is 43.5. The molecule has 31 nitrogen and oxygen atoms in total. The first-order valence-corrected chi connectivity index (χ1v) is 43.5. The molecule has 33 heteroatoms. The van der Waals surface area contributed by atoms with Crippen LogP contribution in [-0.4, -0.2) is 305 Å². The van der Waals surface area contributed by atoms with Gasteiger partial charge in [0.2, 0.25) is 0 Å². The standard InChI is InChI=1S/C46H69FN6O10.C44H67FN6O9/c1-14-35-46(9)38(53(43(58)51(46)12)21-16-15-20-52-25-33(49-26-52)32-18-17-19-48-24-32)29(4)36(55)27(2)23-44(7,59-13)40(30(5)39(56)45(8,47)42(57)62-35)63-41-37(61-31(6)54)34(50(10)11)22-28(3)60-41;1-13-33-44(8)36(51(41(56)49(44)11)20-15-14-19-50-24-31(47-25-50)30-17-16-18-46-23-30)28(4)34(52)26(2)22-42(6,57-12)38(29(5)37(54)43(7,45)40(55)59-33)60-39-35(53)32(48(9)10)21-27(3)58-39/h17-19,24-30,34-35,37-38,40-41H,14-16,20-23H2,1-13H3;16-18,23-29,32-33,35-36,38-39,53H,13-15,19-22H2,1-12H3/t27-,28-,29+,30+,34?,35-,37-,38-,40-,41+,44+,45+,46-;26-,27-,28+,29+,32+,33-,35-,36-,38-,39+,42+,43+,44-/m11/s1. The molecular weight excluding hydrogens is 1590 g/mol. The summed E-state index contributed by atoms with van der Waals surface area (Å²) >= 11 is 0. The van der Waals surface area contributed by atoms with E-state index in [0.717, 1.165) is 36.4 Å². The number of Topliss-reactive ketones (excluding diaryl/α,β-unsaturated/α-hetero) is 4. The molecule has 123 heavy (non-hydrogen) atoms. The van der Waals surface area contributed by atoms with Crippen molar-refractivity contribution in [3.63, 3.8) is 0 Å². The summed E-state index contributed by atoms with van der Waals surface area (Å²) in [7, 11) is 13.4. The minimum Gasteiger partial charge on any atom is -0.457 e. The fourth-order valence-corrected chi connectivity index (χ4v) is 20.1. The summed E-state index contributed by atoms with van der Waals surface area (Å²) in [6.45, 7) is 28.9. The minimum absolute atomic E-state index is 0.00359. The van der Waals surface area contributed by atoms with Gasteiger partial charge in [-0.3, -0.25) is 33.9 Å². The Labute approximate surface area is 723 Å². The van der Waals surface area contributed by atoms with E-state index in [1.807, 2.05) is 97.6 Å². The number of likely N-dealkylation sites (N-methyl/N-ethyl adjacent to an activating group) is 4. The van der Waals surface area contributed by atoms with E-state index in [9.17, 15) is 48.3 Å². The molecule has 4 aromatic rings. The lowest BCUT2D eigenvalue weighted by Gasteiger charge is -2.48. The molecule has 0 bridgehead atoms. The number of pyridine rings is 2. The van der Waals surface area contributed by atoms with Crippen LogP contribution in [0.4, 0.5) is 18.4 Å². The number of urea groups is 2. The van der Waals surface area contributed by atoms with Gasteiger partial charge < -0.3 is 86.3 Å². The number of imidazole rings is 2. The Morgan fingerprint density at radius 2 is 0.935 bits per heavy atom. The van der Waals surface area contributed by atoms with E-state index in [-0.39, 0.29) is 80.1 Å². The van der Waals surface area contributed by atoms with Gasteiger partial charge >= 0.3 is 30.0 Å². The molecule has 6 aliphatic heterocycles. The average molecular weight is 1730 g/mol. The van der Waals surface area contributed by atoms with E-state index in [1.54, 1.807) is 131 Å². The predicted octanol–water partition coefficient (Wildman–Crippen LogP) is 10.4. The third kappa shape index (κ3) is 20.5. The van der Waals surface area contributed by atoms with Crippen molar-refractivity contribution in [3.8, 4) is 22.5 Å². The molecular formula is C90H136F2N12O19. The summed E-state index contributed by atoms with van der Waals surface area (Å²) in [6, 6.07) is 4.54. The number of esters is 3. The average Bonchev–Trinajstić information content (AvgIpc) is 1.59. The van der Waals surface area contributed by atoms with Crippen molar-refractivity contribution in [3.05, 3.63) is 74.1 Å². The Balaban J connectivity index is 0.000000279. The molecule has 0 radical (unpaired) electrons. The number of hydrogen-bond acceptors (Lipinski definition) is 25. The molecule has 0 spiro atoms. The van der Waals surface area contributed by atoms with Gasteiger partial charge in [0.15, 0.2) is 30.3 Å². The number of carbonyl (C=O) groups excluding carboxylic acids is 9. The number of aryl methyl sites for hydroxylation is 2. The Kier molecular flexibility index (Phi) is 32.3. The van der Waals surface area contributed by atoms with Gasteiger partial charge in [-0.05, 0) is 172 Å². The number of nitrogens with zero attached hydrogens (tertiary/aromatic N) is 12. The SMILES string of the molecule is CC[C@H]1OC(=O)[C@@](C)(F)C(=O)[C@H](C)[C@@H](O[C@@H]2O[C@H](C)CC(N(C)C)[C@H]2OC(C)=O)[C@@](C)(OC)C[C@@H](C)C(=O)[C@H](C)[C@H]2N(CCCCn3cnc(-c4cccnc4)c3)C(=O)N(C)[C@]12C.CC[C@H]1OC(=O)[C@@](C)(F)C(=O)[C@H](C)[C@@H](O[C@@H]2O[C@H](C)C[C@H](N(C)C)[C@H]2O)[C@@](C)(OC)C[C@@H](C)C(=O)[C@H](C)[C@H]2N(CCCCn3cnc(-c4cccnc4)c3)C(=O)N(C)[C@]12C. The van der Waals surface area contributed by atoms with Crippen LogP contribution in [-0.2, 0) is 89.3 Å². The highest BCUT2D eigenvalue weighted by Gasteiger charge is 2.65. The highest BCUT2D eigenvalue weighted by Crippen LogP contribution is 2.48. The molecule has 0 aromatic carbocycles. The van der Waals surface area contributed by atoms with Gasteiger partial charge in [0, 0.05) is 151 Å². The Hall–Kier alpha value is -8.15. The minimum atomic E-state index is -3.18. The molecule has 6 aliphatic rings. The highest BCUT2D eigenvalue weighted by atomic mass is 19.1. The number of halogens is 2. The van der Waals surface area contributed by atoms with Crippen LogP contribution in [0.25, 0.3) is 22.5 Å². The monoisotopic (exact) mass is 1730 g/mol. The number of amides is 4. The molecule has 0 saturated carbocycles. The number of ether oxygens (including phenoxy) is 9. The van der Waals surface area contributed by atoms with Gasteiger partial charge in [0.1, 0.15) is 29.9 Å². The topological polar surface area (TPSA) is 338 Å². The summed E-state index contributed by atoms with van der Waals surface area (Å²) in [5, 5.41) is 11.4. The van der Waals surface area contributed by atoms with Crippen LogP contribution in [0, 0.1) is 35.5 Å². The molecule has 0 aliphatic carbocycles. The molecule has 26 atom stereocenters. The van der Waals surface area contributed by atoms with E-state index in [4.69, 9.17) is 42.6 Å². The predicted molar refractivity (Wildman–Crippen MR) is 452 cm³/mol. The third-order valence-electron chi connectivity index (χ3n) is 27.4. The molecule has 4 amide bonds. The first-order chi connectivity index (χ1) is 57.7. The Morgan fingerprint density at radius 3 is 1.29 bits per heavy atom.